The van der Waals surface area contributed by atoms with Crippen LogP contribution in [0.1, 0.15) is 151 Å². The van der Waals surface area contributed by atoms with E-state index >= 15 is 0 Å². The summed E-state index contributed by atoms with van der Waals surface area (Å²) in [5.41, 5.74) is -11.8. The van der Waals surface area contributed by atoms with E-state index in [9.17, 15) is 72.8 Å². The van der Waals surface area contributed by atoms with Crippen molar-refractivity contribution in [2.45, 2.75) is 204 Å². The Hall–Kier alpha value is -1.53. The van der Waals surface area contributed by atoms with E-state index in [0.29, 0.717) is 62.9 Å². The van der Waals surface area contributed by atoms with Gasteiger partial charge in [0, 0.05) is 26.4 Å². The largest absolute Gasteiger partial charge is 0.458 e. The van der Waals surface area contributed by atoms with Crippen LogP contribution in [0.5, 0.6) is 0 Å². The average Bonchev–Trinajstić information content (AvgIpc) is 4.02. The predicted octanol–water partition coefficient (Wildman–Crippen LogP) is 12.6. The predicted molar refractivity (Wildman–Crippen MR) is 219 cm³/mol. The standard InChI is InChI=1S/C21H29F3O4.C13H18F6O.C9H13F3.C5H12O/c1-11-12(2)15-3-14(11)7-20(15,21(22,23)24)16(25)28-19-6-13-4-17(26,9-19)8-18(27,5-13)10-19;1-6-7(2)10-4-8(6)3-9(10)5-11(20,12(14,15)16)13(17,18)19;1-8(9(10,11)12)5-6-2-3-7(8)4-6;1-4-5(2)6-3/h11-15,26-27H,3-10H2,1-2H3;6-10,20H,3-5H2,1-2H3;6-7H,2-5H2,1H3;5H,4H2,1-3H3. The smallest absolute Gasteiger partial charge is 0.426 e. The van der Waals surface area contributed by atoms with Gasteiger partial charge in [0.1, 0.15) is 5.60 Å². The second kappa shape index (κ2) is 17.6. The van der Waals surface area contributed by atoms with Crippen LogP contribution in [-0.2, 0) is 14.3 Å². The summed E-state index contributed by atoms with van der Waals surface area (Å²) in [6.07, 6.45) is -13.5. The van der Waals surface area contributed by atoms with Crippen molar-refractivity contribution < 1.29 is 82.3 Å². The first-order valence-corrected chi connectivity index (χ1v) is 24.1. The molecule has 66 heavy (non-hydrogen) atoms. The number of ether oxygens (including phenoxy) is 2. The van der Waals surface area contributed by atoms with E-state index in [0.717, 1.165) is 25.7 Å². The van der Waals surface area contributed by atoms with Gasteiger partial charge in [0.05, 0.1) is 22.7 Å². The zero-order chi connectivity index (χ0) is 49.8. The summed E-state index contributed by atoms with van der Waals surface area (Å²) >= 11 is 0. The van der Waals surface area contributed by atoms with Crippen molar-refractivity contribution in [2.24, 2.45) is 81.8 Å². The summed E-state index contributed by atoms with van der Waals surface area (Å²) in [5, 5.41) is 31.0. The van der Waals surface area contributed by atoms with E-state index in [1.165, 1.54) is 6.92 Å². The Morgan fingerprint density at radius 1 is 0.682 bits per heavy atom. The number of fused-ring (bicyclic) bond motifs is 6. The number of rotatable bonds is 6. The molecule has 0 radical (unpaired) electrons. The van der Waals surface area contributed by atoms with Gasteiger partial charge in [0.15, 0.2) is 5.41 Å². The molecule has 6 nitrogen and oxygen atoms in total. The number of halogens is 12. The van der Waals surface area contributed by atoms with Crippen LogP contribution in [0.2, 0.25) is 0 Å². The first-order valence-electron chi connectivity index (χ1n) is 24.1. The molecule has 10 aliphatic carbocycles. The monoisotopic (exact) mass is 973 g/mol. The van der Waals surface area contributed by atoms with Gasteiger partial charge >= 0.3 is 30.7 Å². The van der Waals surface area contributed by atoms with Gasteiger partial charge in [-0.2, -0.15) is 52.7 Å². The third kappa shape index (κ3) is 9.40. The summed E-state index contributed by atoms with van der Waals surface area (Å²) in [7, 11) is 1.73. The molecule has 0 aromatic heterocycles. The normalized spacial score (nSPS) is 45.7. The topological polar surface area (TPSA) is 96.2 Å². The minimum absolute atomic E-state index is 0.0140. The second-order valence-electron chi connectivity index (χ2n) is 23.4. The van der Waals surface area contributed by atoms with Crippen LogP contribution >= 0.6 is 0 Å². The second-order valence-corrected chi connectivity index (χ2v) is 23.4. The van der Waals surface area contributed by atoms with Gasteiger partial charge in [-0.15, -0.1) is 0 Å². The molecule has 10 saturated carbocycles. The lowest BCUT2D eigenvalue weighted by Gasteiger charge is -2.62. The number of aliphatic hydroxyl groups is 3. The molecule has 10 rings (SSSR count). The first kappa shape index (κ1) is 53.8. The van der Waals surface area contributed by atoms with Crippen molar-refractivity contribution in [2.75, 3.05) is 7.11 Å². The number of esters is 1. The van der Waals surface area contributed by atoms with Crippen LogP contribution in [-0.4, -0.2) is 81.6 Å². The summed E-state index contributed by atoms with van der Waals surface area (Å²) in [6, 6.07) is 0. The molecule has 3 N–H and O–H groups in total. The van der Waals surface area contributed by atoms with Crippen molar-refractivity contribution in [3.8, 4) is 0 Å². The van der Waals surface area contributed by atoms with Gasteiger partial charge in [-0.3, -0.25) is 4.79 Å². The molecule has 10 fully saturated rings. The Kier molecular flexibility index (Phi) is 14.4. The number of carbonyl (C=O) groups excluding carboxylic acids is 1. The molecule has 10 aliphatic rings. The van der Waals surface area contributed by atoms with E-state index in [-0.39, 0.29) is 73.0 Å². The lowest BCUT2D eigenvalue weighted by molar-refractivity contribution is -0.373. The highest BCUT2D eigenvalue weighted by atomic mass is 19.4. The Bertz CT molecular complexity index is 1690. The zero-order valence-electron chi connectivity index (χ0n) is 39.4. The van der Waals surface area contributed by atoms with Crippen LogP contribution in [0.15, 0.2) is 0 Å². The molecule has 0 spiro atoms. The number of alkyl halides is 12. The molecular formula is C48H72F12O6. The molecule has 384 valence electrons. The van der Waals surface area contributed by atoms with E-state index in [1.807, 2.05) is 27.7 Å². The minimum atomic E-state index is -5.69. The van der Waals surface area contributed by atoms with Gasteiger partial charge in [0.25, 0.3) is 5.60 Å². The molecule has 18 heteroatoms. The third-order valence-corrected chi connectivity index (χ3v) is 19.4. The highest BCUT2D eigenvalue weighted by molar-refractivity contribution is 5.80. The third-order valence-electron chi connectivity index (χ3n) is 19.4. The van der Waals surface area contributed by atoms with Crippen molar-refractivity contribution >= 4 is 5.97 Å². The molecule has 0 aromatic carbocycles. The number of hydrogen-bond donors (Lipinski definition) is 3. The van der Waals surface area contributed by atoms with Gasteiger partial charge in [0.2, 0.25) is 0 Å². The molecule has 0 heterocycles. The van der Waals surface area contributed by atoms with Crippen molar-refractivity contribution in [3.05, 3.63) is 0 Å². The number of methoxy groups -OCH3 is 1. The fourth-order valence-corrected chi connectivity index (χ4v) is 15.6. The number of carbonyl (C=O) groups is 1. The average molecular weight is 973 g/mol. The van der Waals surface area contributed by atoms with E-state index in [1.54, 1.807) is 7.11 Å². The molecule has 10 bridgehead atoms. The quantitative estimate of drug-likeness (QED) is 0.181. The Labute approximate surface area is 381 Å². The molecule has 0 amide bonds. The summed E-state index contributed by atoms with van der Waals surface area (Å²) in [5.74, 6) is -1.99. The molecule has 16 unspecified atom stereocenters. The van der Waals surface area contributed by atoms with Crippen molar-refractivity contribution in [1.29, 1.82) is 0 Å². The Morgan fingerprint density at radius 2 is 1.24 bits per heavy atom. The van der Waals surface area contributed by atoms with Gasteiger partial charge in [-0.25, -0.2) is 0 Å². The van der Waals surface area contributed by atoms with E-state index in [4.69, 9.17) is 9.47 Å². The first-order chi connectivity index (χ1) is 29.9. The highest BCUT2D eigenvalue weighted by Crippen LogP contribution is 2.69. The van der Waals surface area contributed by atoms with Gasteiger partial charge in [-0.05, 0) is 155 Å². The van der Waals surface area contributed by atoms with E-state index < -0.39 is 82.2 Å². The van der Waals surface area contributed by atoms with Crippen LogP contribution in [0.3, 0.4) is 0 Å². The Morgan fingerprint density at radius 3 is 1.59 bits per heavy atom. The Balaban J connectivity index is 0.000000165. The van der Waals surface area contributed by atoms with Crippen LogP contribution in [0.4, 0.5) is 52.7 Å². The molecule has 16 atom stereocenters. The molecule has 0 aliphatic heterocycles. The molecule has 0 aromatic rings. The minimum Gasteiger partial charge on any atom is -0.458 e. The summed E-state index contributed by atoms with van der Waals surface area (Å²) < 4.78 is 168. The van der Waals surface area contributed by atoms with Crippen LogP contribution in [0, 0.1) is 81.8 Å². The SMILES string of the molecule is CC1(C(F)(F)F)CC2CCC1C2.CC1C2CC(C1C)C(C(=O)OC13CC4CC(O)(CC(O)(C4)C1)C3)(C(F)(F)F)C2.CC1C2CC(CC(O)(C(F)(F)F)C(F)(F)F)C(C2)C1C.CCC(C)OC. The maximum atomic E-state index is 14.3. The van der Waals surface area contributed by atoms with E-state index in [2.05, 4.69) is 13.8 Å². The lowest BCUT2D eigenvalue weighted by atomic mass is 9.50. The van der Waals surface area contributed by atoms with Gasteiger partial charge < -0.3 is 24.8 Å². The number of hydrogen-bond acceptors (Lipinski definition) is 6. The summed E-state index contributed by atoms with van der Waals surface area (Å²) in [6.45, 7) is 13.2. The van der Waals surface area contributed by atoms with Crippen LogP contribution in [0.25, 0.3) is 0 Å². The fraction of sp³-hybridized carbons (Fsp3) is 0.979. The molecule has 0 saturated heterocycles. The lowest BCUT2D eigenvalue weighted by Crippen LogP contribution is -2.68. The van der Waals surface area contributed by atoms with Crippen molar-refractivity contribution in [1.82, 2.24) is 0 Å². The van der Waals surface area contributed by atoms with Crippen LogP contribution < -0.4 is 0 Å². The van der Waals surface area contributed by atoms with Crippen molar-refractivity contribution in [3.63, 3.8) is 0 Å². The fourth-order valence-electron chi connectivity index (χ4n) is 15.6. The highest BCUT2D eigenvalue weighted by Gasteiger charge is 2.75. The summed E-state index contributed by atoms with van der Waals surface area (Å²) in [4.78, 5) is 13.2. The maximum Gasteiger partial charge on any atom is 0.426 e. The molecular weight excluding hydrogens is 900 g/mol. The zero-order valence-corrected chi connectivity index (χ0v) is 39.4. The van der Waals surface area contributed by atoms with Gasteiger partial charge in [-0.1, -0.05) is 48.0 Å². The maximum absolute atomic E-state index is 14.3.